The Balaban J connectivity index is 1.74. The molecule has 3 rings (SSSR count). The predicted molar refractivity (Wildman–Crippen MR) is 123 cm³/mol. The van der Waals surface area contributed by atoms with Gasteiger partial charge in [-0.2, -0.15) is 0 Å². The van der Waals surface area contributed by atoms with Crippen molar-refractivity contribution in [1.29, 1.82) is 0 Å². The molecule has 0 aliphatic rings. The predicted octanol–water partition coefficient (Wildman–Crippen LogP) is 3.85. The highest BCUT2D eigenvalue weighted by Gasteiger charge is 2.18. The lowest BCUT2D eigenvalue weighted by Gasteiger charge is -2.18. The van der Waals surface area contributed by atoms with Crippen molar-refractivity contribution in [3.63, 3.8) is 0 Å². The standard InChI is InChI=1S/C23H27N5O4/c1-5-28(6-2)22(30)20-11-16(13-26(20)3)15-7-9-17(10-8-15)24-21(29)19-12-18(14-27(19)4)25-23(31)32/h7-14,25H,5-6H2,1-4H3,(H,24,29)(H,31,32). The second-order valence-corrected chi connectivity index (χ2v) is 7.39. The van der Waals surface area contributed by atoms with Crippen molar-refractivity contribution < 1.29 is 19.5 Å². The number of anilines is 2. The Hall–Kier alpha value is -4.01. The SMILES string of the molecule is CCN(CC)C(=O)c1cc(-c2ccc(NC(=O)c3cc(NC(=O)O)cn3C)cc2)cn1C. The molecule has 0 saturated heterocycles. The summed E-state index contributed by atoms with van der Waals surface area (Å²) < 4.78 is 3.37. The monoisotopic (exact) mass is 437 g/mol. The van der Waals surface area contributed by atoms with Gasteiger partial charge >= 0.3 is 6.09 Å². The van der Waals surface area contributed by atoms with E-state index in [-0.39, 0.29) is 11.8 Å². The maximum absolute atomic E-state index is 12.7. The second kappa shape index (κ2) is 9.42. The summed E-state index contributed by atoms with van der Waals surface area (Å²) >= 11 is 0. The Morgan fingerprint density at radius 2 is 1.47 bits per heavy atom. The van der Waals surface area contributed by atoms with Crippen LogP contribution < -0.4 is 10.6 Å². The minimum atomic E-state index is -1.19. The first kappa shape index (κ1) is 22.7. The summed E-state index contributed by atoms with van der Waals surface area (Å²) in [5, 5.41) is 13.9. The molecule has 9 heteroatoms. The number of rotatable bonds is 7. The van der Waals surface area contributed by atoms with E-state index in [1.807, 2.05) is 49.9 Å². The molecule has 0 unspecified atom stereocenters. The van der Waals surface area contributed by atoms with Crippen molar-refractivity contribution >= 4 is 29.3 Å². The van der Waals surface area contributed by atoms with Gasteiger partial charge in [-0.25, -0.2) is 4.79 Å². The van der Waals surface area contributed by atoms with Crippen LogP contribution >= 0.6 is 0 Å². The average molecular weight is 438 g/mol. The van der Waals surface area contributed by atoms with E-state index in [1.54, 1.807) is 28.6 Å². The topological polar surface area (TPSA) is 109 Å². The fourth-order valence-electron chi connectivity index (χ4n) is 3.53. The molecular formula is C23H27N5O4. The third kappa shape index (κ3) is 4.83. The van der Waals surface area contributed by atoms with E-state index in [1.165, 1.54) is 12.3 Å². The molecule has 1 aromatic carbocycles. The van der Waals surface area contributed by atoms with Crippen molar-refractivity contribution in [2.24, 2.45) is 14.1 Å². The van der Waals surface area contributed by atoms with Crippen LogP contribution in [0.3, 0.4) is 0 Å². The Morgan fingerprint density at radius 1 is 0.844 bits per heavy atom. The fraction of sp³-hybridized carbons (Fsp3) is 0.261. The molecule has 3 amide bonds. The van der Waals surface area contributed by atoms with Gasteiger partial charge < -0.3 is 24.5 Å². The molecule has 0 radical (unpaired) electrons. The van der Waals surface area contributed by atoms with Crippen LogP contribution in [0.5, 0.6) is 0 Å². The normalized spacial score (nSPS) is 10.6. The van der Waals surface area contributed by atoms with Gasteiger partial charge in [0.2, 0.25) is 0 Å². The molecule has 0 fully saturated rings. The van der Waals surface area contributed by atoms with Gasteiger partial charge in [-0.15, -0.1) is 0 Å². The zero-order valence-corrected chi connectivity index (χ0v) is 18.5. The largest absolute Gasteiger partial charge is 0.465 e. The Kier molecular flexibility index (Phi) is 6.67. The summed E-state index contributed by atoms with van der Waals surface area (Å²) in [5.41, 5.74) is 3.69. The third-order valence-corrected chi connectivity index (χ3v) is 5.24. The molecule has 2 aromatic heterocycles. The fourth-order valence-corrected chi connectivity index (χ4v) is 3.53. The van der Waals surface area contributed by atoms with Gasteiger partial charge in [0.1, 0.15) is 11.4 Å². The van der Waals surface area contributed by atoms with E-state index in [0.717, 1.165) is 11.1 Å². The molecule has 0 aliphatic heterocycles. The highest BCUT2D eigenvalue weighted by Crippen LogP contribution is 2.25. The van der Waals surface area contributed by atoms with E-state index in [2.05, 4.69) is 10.6 Å². The highest BCUT2D eigenvalue weighted by molar-refractivity contribution is 6.04. The lowest BCUT2D eigenvalue weighted by Crippen LogP contribution is -2.31. The first-order chi connectivity index (χ1) is 15.2. The maximum Gasteiger partial charge on any atom is 0.409 e. The van der Waals surface area contributed by atoms with Crippen LogP contribution in [0.4, 0.5) is 16.2 Å². The molecule has 32 heavy (non-hydrogen) atoms. The third-order valence-electron chi connectivity index (χ3n) is 5.24. The van der Waals surface area contributed by atoms with Crippen LogP contribution in [0, 0.1) is 0 Å². The number of benzene rings is 1. The number of hydrogen-bond acceptors (Lipinski definition) is 3. The van der Waals surface area contributed by atoms with Crippen LogP contribution in [0.2, 0.25) is 0 Å². The van der Waals surface area contributed by atoms with Gasteiger partial charge in [-0.05, 0) is 43.7 Å². The summed E-state index contributed by atoms with van der Waals surface area (Å²) in [6.07, 6.45) is 2.24. The van der Waals surface area contributed by atoms with Crippen LogP contribution in [0.1, 0.15) is 34.8 Å². The van der Waals surface area contributed by atoms with Gasteiger partial charge in [-0.1, -0.05) is 12.1 Å². The molecule has 3 aromatic rings. The van der Waals surface area contributed by atoms with E-state index < -0.39 is 6.09 Å². The van der Waals surface area contributed by atoms with E-state index in [9.17, 15) is 14.4 Å². The summed E-state index contributed by atoms with van der Waals surface area (Å²) in [5.74, 6) is -0.363. The minimum absolute atomic E-state index is 0.00745. The lowest BCUT2D eigenvalue weighted by molar-refractivity contribution is 0.0763. The first-order valence-electron chi connectivity index (χ1n) is 10.3. The van der Waals surface area contributed by atoms with Gasteiger partial charge in [0, 0.05) is 50.8 Å². The number of aromatic nitrogens is 2. The van der Waals surface area contributed by atoms with E-state index in [0.29, 0.717) is 35.9 Å². The van der Waals surface area contributed by atoms with Crippen LogP contribution in [0.25, 0.3) is 11.1 Å². The van der Waals surface area contributed by atoms with Crippen LogP contribution in [-0.4, -0.2) is 50.1 Å². The van der Waals surface area contributed by atoms with Crippen molar-refractivity contribution in [2.75, 3.05) is 23.7 Å². The zero-order chi connectivity index (χ0) is 23.4. The average Bonchev–Trinajstić information content (AvgIpc) is 3.31. The van der Waals surface area contributed by atoms with Crippen LogP contribution in [-0.2, 0) is 14.1 Å². The van der Waals surface area contributed by atoms with Crippen molar-refractivity contribution in [3.05, 3.63) is 60.2 Å². The molecule has 168 valence electrons. The number of carbonyl (C=O) groups is 3. The number of amides is 3. The number of carbonyl (C=O) groups excluding carboxylic acids is 2. The molecule has 9 nitrogen and oxygen atoms in total. The van der Waals surface area contributed by atoms with E-state index in [4.69, 9.17) is 5.11 Å². The van der Waals surface area contributed by atoms with E-state index >= 15 is 0 Å². The van der Waals surface area contributed by atoms with Crippen molar-refractivity contribution in [2.45, 2.75) is 13.8 Å². The van der Waals surface area contributed by atoms with Crippen molar-refractivity contribution in [1.82, 2.24) is 14.0 Å². The molecule has 0 aliphatic carbocycles. The Morgan fingerprint density at radius 3 is 2.06 bits per heavy atom. The first-order valence-corrected chi connectivity index (χ1v) is 10.3. The minimum Gasteiger partial charge on any atom is -0.465 e. The lowest BCUT2D eigenvalue weighted by atomic mass is 10.1. The smallest absolute Gasteiger partial charge is 0.409 e. The van der Waals surface area contributed by atoms with Gasteiger partial charge in [0.15, 0.2) is 0 Å². The summed E-state index contributed by atoms with van der Waals surface area (Å²) in [7, 11) is 3.51. The van der Waals surface area contributed by atoms with Gasteiger partial charge in [0.05, 0.1) is 5.69 Å². The maximum atomic E-state index is 12.7. The number of carboxylic acid groups (broad SMARTS) is 1. The number of nitrogens with one attached hydrogen (secondary N) is 2. The molecule has 0 saturated carbocycles. The molecule has 2 heterocycles. The number of nitrogens with zero attached hydrogens (tertiary/aromatic N) is 3. The van der Waals surface area contributed by atoms with Crippen molar-refractivity contribution in [3.8, 4) is 11.1 Å². The molecule has 3 N–H and O–H groups in total. The Bertz CT molecular complexity index is 1140. The summed E-state index contributed by atoms with van der Waals surface area (Å²) in [6.45, 7) is 5.22. The van der Waals surface area contributed by atoms with Crippen LogP contribution in [0.15, 0.2) is 48.8 Å². The molecule has 0 spiro atoms. The number of hydrogen-bond donors (Lipinski definition) is 3. The zero-order valence-electron chi connectivity index (χ0n) is 18.5. The molecule has 0 atom stereocenters. The number of aryl methyl sites for hydroxylation is 2. The summed E-state index contributed by atoms with van der Waals surface area (Å²) in [4.78, 5) is 37.8. The molecular weight excluding hydrogens is 410 g/mol. The van der Waals surface area contributed by atoms with Gasteiger partial charge in [0.25, 0.3) is 11.8 Å². The summed E-state index contributed by atoms with van der Waals surface area (Å²) in [6, 6.07) is 10.7. The quantitative estimate of drug-likeness (QED) is 0.522. The van der Waals surface area contributed by atoms with Gasteiger partial charge in [-0.3, -0.25) is 14.9 Å². The Labute approximate surface area is 186 Å². The molecule has 0 bridgehead atoms. The highest BCUT2D eigenvalue weighted by atomic mass is 16.4. The second-order valence-electron chi connectivity index (χ2n) is 7.39.